The molecule has 1 aromatic rings. The fraction of sp³-hybridized carbons (Fsp3) is 0.364. The highest BCUT2D eigenvalue weighted by atomic mass is 16.2. The SMILES string of the molecule is CN(C)C(=O)NCCNc1cccnc1C#N. The molecule has 2 amide bonds. The molecule has 0 bridgehead atoms. The van der Waals surface area contributed by atoms with Crippen LogP contribution in [0, 0.1) is 11.3 Å². The van der Waals surface area contributed by atoms with Gasteiger partial charge < -0.3 is 15.5 Å². The van der Waals surface area contributed by atoms with Gasteiger partial charge in [0, 0.05) is 33.4 Å². The Kier molecular flexibility index (Phi) is 4.76. The molecule has 6 nitrogen and oxygen atoms in total. The summed E-state index contributed by atoms with van der Waals surface area (Å²) in [6.07, 6.45) is 1.57. The van der Waals surface area contributed by atoms with Crippen LogP contribution in [-0.2, 0) is 0 Å². The minimum Gasteiger partial charge on any atom is -0.381 e. The van der Waals surface area contributed by atoms with Crippen molar-refractivity contribution in [2.24, 2.45) is 0 Å². The zero-order valence-corrected chi connectivity index (χ0v) is 9.90. The first kappa shape index (κ1) is 12.8. The van der Waals surface area contributed by atoms with Crippen molar-refractivity contribution in [3.63, 3.8) is 0 Å². The van der Waals surface area contributed by atoms with Crippen LogP contribution in [-0.4, -0.2) is 43.1 Å². The minimum absolute atomic E-state index is 0.140. The van der Waals surface area contributed by atoms with Crippen LogP contribution < -0.4 is 10.6 Å². The van der Waals surface area contributed by atoms with E-state index in [0.717, 1.165) is 0 Å². The van der Waals surface area contributed by atoms with Gasteiger partial charge in [0.15, 0.2) is 5.69 Å². The molecule has 90 valence electrons. The molecule has 0 aromatic carbocycles. The molecule has 0 saturated heterocycles. The number of nitrogens with zero attached hydrogens (tertiary/aromatic N) is 3. The topological polar surface area (TPSA) is 81.1 Å². The Morgan fingerprint density at radius 2 is 2.29 bits per heavy atom. The number of pyridine rings is 1. The van der Waals surface area contributed by atoms with Gasteiger partial charge in [-0.3, -0.25) is 0 Å². The van der Waals surface area contributed by atoms with Crippen molar-refractivity contribution in [3.8, 4) is 6.07 Å². The number of carbonyl (C=O) groups excluding carboxylic acids is 1. The molecule has 0 atom stereocenters. The molecule has 0 saturated carbocycles. The number of urea groups is 1. The molecule has 0 aliphatic heterocycles. The summed E-state index contributed by atoms with van der Waals surface area (Å²) in [7, 11) is 3.36. The number of hydrogen-bond acceptors (Lipinski definition) is 4. The number of nitriles is 1. The smallest absolute Gasteiger partial charge is 0.316 e. The Bertz CT molecular complexity index is 424. The van der Waals surface area contributed by atoms with E-state index in [2.05, 4.69) is 15.6 Å². The maximum atomic E-state index is 11.2. The van der Waals surface area contributed by atoms with E-state index in [9.17, 15) is 4.79 Å². The quantitative estimate of drug-likeness (QED) is 0.748. The second kappa shape index (κ2) is 6.33. The summed E-state index contributed by atoms with van der Waals surface area (Å²) in [6.45, 7) is 1.02. The number of aromatic nitrogens is 1. The highest BCUT2D eigenvalue weighted by Gasteiger charge is 2.03. The Balaban J connectivity index is 2.37. The lowest BCUT2D eigenvalue weighted by Crippen LogP contribution is -2.37. The van der Waals surface area contributed by atoms with Gasteiger partial charge in [-0.15, -0.1) is 0 Å². The van der Waals surface area contributed by atoms with Crippen molar-refractivity contribution in [1.82, 2.24) is 15.2 Å². The third kappa shape index (κ3) is 3.99. The molecular weight excluding hydrogens is 218 g/mol. The highest BCUT2D eigenvalue weighted by molar-refractivity contribution is 5.73. The van der Waals surface area contributed by atoms with Gasteiger partial charge in [-0.25, -0.2) is 9.78 Å². The predicted octanol–water partition coefficient (Wildman–Crippen LogP) is 0.636. The number of anilines is 1. The van der Waals surface area contributed by atoms with Crippen molar-refractivity contribution in [2.75, 3.05) is 32.5 Å². The summed E-state index contributed by atoms with van der Waals surface area (Å²) in [4.78, 5) is 16.6. The Hall–Kier alpha value is -2.29. The average Bonchev–Trinajstić information content (AvgIpc) is 2.34. The monoisotopic (exact) mass is 233 g/mol. The highest BCUT2D eigenvalue weighted by Crippen LogP contribution is 2.09. The molecule has 6 heteroatoms. The van der Waals surface area contributed by atoms with E-state index in [0.29, 0.717) is 24.5 Å². The number of amides is 2. The van der Waals surface area contributed by atoms with E-state index in [4.69, 9.17) is 5.26 Å². The van der Waals surface area contributed by atoms with Gasteiger partial charge in [-0.2, -0.15) is 5.26 Å². The van der Waals surface area contributed by atoms with Gasteiger partial charge in [0.25, 0.3) is 0 Å². The van der Waals surface area contributed by atoms with Crippen molar-refractivity contribution in [2.45, 2.75) is 0 Å². The van der Waals surface area contributed by atoms with Gasteiger partial charge in [0.05, 0.1) is 5.69 Å². The van der Waals surface area contributed by atoms with E-state index in [-0.39, 0.29) is 6.03 Å². The van der Waals surface area contributed by atoms with Crippen LogP contribution in [0.25, 0.3) is 0 Å². The van der Waals surface area contributed by atoms with Crippen LogP contribution in [0.5, 0.6) is 0 Å². The maximum absolute atomic E-state index is 11.2. The van der Waals surface area contributed by atoms with Gasteiger partial charge in [-0.05, 0) is 12.1 Å². The third-order valence-corrected chi connectivity index (χ3v) is 2.04. The maximum Gasteiger partial charge on any atom is 0.316 e. The van der Waals surface area contributed by atoms with Crippen LogP contribution in [0.3, 0.4) is 0 Å². The molecule has 0 aliphatic carbocycles. The van der Waals surface area contributed by atoms with Gasteiger partial charge >= 0.3 is 6.03 Å². The van der Waals surface area contributed by atoms with E-state index in [1.807, 2.05) is 6.07 Å². The number of hydrogen-bond donors (Lipinski definition) is 2. The van der Waals surface area contributed by atoms with Gasteiger partial charge in [0.1, 0.15) is 6.07 Å². The van der Waals surface area contributed by atoms with E-state index in [1.54, 1.807) is 32.4 Å². The van der Waals surface area contributed by atoms with Crippen molar-refractivity contribution < 1.29 is 4.79 Å². The summed E-state index contributed by atoms with van der Waals surface area (Å²) < 4.78 is 0. The molecule has 17 heavy (non-hydrogen) atoms. The molecule has 2 N–H and O–H groups in total. The van der Waals surface area contributed by atoms with Crippen LogP contribution >= 0.6 is 0 Å². The number of nitrogens with one attached hydrogen (secondary N) is 2. The molecular formula is C11H15N5O. The second-order valence-corrected chi connectivity index (χ2v) is 3.56. The fourth-order valence-electron chi connectivity index (χ4n) is 1.16. The average molecular weight is 233 g/mol. The summed E-state index contributed by atoms with van der Waals surface area (Å²) in [5.41, 5.74) is 1.03. The number of rotatable bonds is 4. The lowest BCUT2D eigenvalue weighted by Gasteiger charge is -2.12. The molecule has 0 radical (unpaired) electrons. The minimum atomic E-state index is -0.140. The van der Waals surface area contributed by atoms with E-state index >= 15 is 0 Å². The zero-order chi connectivity index (χ0) is 12.7. The zero-order valence-electron chi connectivity index (χ0n) is 9.90. The van der Waals surface area contributed by atoms with Crippen LogP contribution in [0.2, 0.25) is 0 Å². The molecule has 1 rings (SSSR count). The van der Waals surface area contributed by atoms with Gasteiger partial charge in [-0.1, -0.05) is 0 Å². The Labute approximate surface area is 100 Å². The van der Waals surface area contributed by atoms with Crippen LogP contribution in [0.15, 0.2) is 18.3 Å². The summed E-state index contributed by atoms with van der Waals surface area (Å²) in [5, 5.41) is 14.6. The largest absolute Gasteiger partial charge is 0.381 e. The summed E-state index contributed by atoms with van der Waals surface area (Å²) in [5.74, 6) is 0. The molecule has 0 fully saturated rings. The van der Waals surface area contributed by atoms with E-state index in [1.165, 1.54) is 4.90 Å². The molecule has 0 unspecified atom stereocenters. The molecule has 0 aliphatic rings. The van der Waals surface area contributed by atoms with Crippen molar-refractivity contribution >= 4 is 11.7 Å². The molecule has 0 spiro atoms. The first-order valence-corrected chi connectivity index (χ1v) is 5.19. The van der Waals surface area contributed by atoms with Crippen LogP contribution in [0.4, 0.5) is 10.5 Å². The molecule has 1 heterocycles. The third-order valence-electron chi connectivity index (χ3n) is 2.04. The lowest BCUT2D eigenvalue weighted by atomic mass is 10.3. The van der Waals surface area contributed by atoms with E-state index < -0.39 is 0 Å². The Morgan fingerprint density at radius 1 is 1.53 bits per heavy atom. The first-order chi connectivity index (χ1) is 8.15. The Morgan fingerprint density at radius 3 is 2.94 bits per heavy atom. The second-order valence-electron chi connectivity index (χ2n) is 3.56. The lowest BCUT2D eigenvalue weighted by molar-refractivity contribution is 0.218. The standard InChI is InChI=1S/C11H15N5O/c1-16(2)11(17)15-7-6-14-9-4-3-5-13-10(9)8-12/h3-5,14H,6-7H2,1-2H3,(H,15,17). The first-order valence-electron chi connectivity index (χ1n) is 5.19. The normalized spacial score (nSPS) is 9.24. The molecule has 1 aromatic heterocycles. The summed E-state index contributed by atoms with van der Waals surface area (Å²) in [6, 6.07) is 5.38. The predicted molar refractivity (Wildman–Crippen MR) is 64.5 cm³/mol. The van der Waals surface area contributed by atoms with Crippen LogP contribution in [0.1, 0.15) is 5.69 Å². The van der Waals surface area contributed by atoms with Crippen molar-refractivity contribution in [3.05, 3.63) is 24.0 Å². The van der Waals surface area contributed by atoms with Crippen molar-refractivity contribution in [1.29, 1.82) is 5.26 Å². The van der Waals surface area contributed by atoms with Gasteiger partial charge in [0.2, 0.25) is 0 Å². The number of carbonyl (C=O) groups is 1. The summed E-state index contributed by atoms with van der Waals surface area (Å²) >= 11 is 0. The fourth-order valence-corrected chi connectivity index (χ4v) is 1.16.